The first-order valence-corrected chi connectivity index (χ1v) is 6.71. The zero-order chi connectivity index (χ0) is 15.0. The molecule has 21 heavy (non-hydrogen) atoms. The summed E-state index contributed by atoms with van der Waals surface area (Å²) in [5.41, 5.74) is -0.449. The van der Waals surface area contributed by atoms with Gasteiger partial charge in [0.1, 0.15) is 11.8 Å². The van der Waals surface area contributed by atoms with Crippen molar-refractivity contribution in [2.75, 3.05) is 13.7 Å². The predicted octanol–water partition coefficient (Wildman–Crippen LogP) is 0.704. The summed E-state index contributed by atoms with van der Waals surface area (Å²) in [4.78, 5) is 30.4. The van der Waals surface area contributed by atoms with E-state index >= 15 is 0 Å². The zero-order valence-electron chi connectivity index (χ0n) is 11.8. The zero-order valence-corrected chi connectivity index (χ0v) is 11.8. The summed E-state index contributed by atoms with van der Waals surface area (Å²) in [5, 5.41) is 4.41. The lowest BCUT2D eigenvalue weighted by atomic mass is 9.80. The van der Waals surface area contributed by atoms with Crippen LogP contribution in [-0.4, -0.2) is 36.6 Å². The molecule has 0 aromatic heterocycles. The van der Waals surface area contributed by atoms with E-state index in [1.165, 1.54) is 13.4 Å². The molecule has 6 nitrogen and oxygen atoms in total. The third-order valence-electron chi connectivity index (χ3n) is 3.89. The van der Waals surface area contributed by atoms with Gasteiger partial charge in [0, 0.05) is 6.54 Å². The second kappa shape index (κ2) is 4.89. The molecule has 0 radical (unpaired) electrons. The third-order valence-corrected chi connectivity index (χ3v) is 3.89. The number of hydroxylamine groups is 2. The highest BCUT2D eigenvalue weighted by Gasteiger charge is 2.60. The van der Waals surface area contributed by atoms with Gasteiger partial charge in [0.25, 0.3) is 5.91 Å². The maximum absolute atomic E-state index is 12.7. The molecule has 2 unspecified atom stereocenters. The van der Waals surface area contributed by atoms with Gasteiger partial charge < -0.3 is 14.9 Å². The molecule has 0 aliphatic carbocycles. The third kappa shape index (κ3) is 1.76. The normalized spacial score (nSPS) is 28.2. The van der Waals surface area contributed by atoms with Crippen molar-refractivity contribution in [1.82, 2.24) is 10.4 Å². The van der Waals surface area contributed by atoms with Crippen molar-refractivity contribution in [3.63, 3.8) is 0 Å². The molecular weight excluding hydrogens is 272 g/mol. The number of ether oxygens (including phenoxy) is 1. The molecule has 3 rings (SSSR count). The van der Waals surface area contributed by atoms with Gasteiger partial charge in [-0.15, -0.1) is 5.06 Å². The number of hydrogen-bond donors (Lipinski definition) is 1. The van der Waals surface area contributed by atoms with Crippen LogP contribution in [0.25, 0.3) is 0 Å². The molecule has 6 heteroatoms. The Hall–Kier alpha value is -2.34. The fourth-order valence-corrected chi connectivity index (χ4v) is 2.90. The molecule has 1 N–H and O–H groups in total. The second-order valence-corrected chi connectivity index (χ2v) is 5.09. The lowest BCUT2D eigenvalue weighted by molar-refractivity contribution is -0.195. The highest BCUT2D eigenvalue weighted by atomic mass is 16.7. The van der Waals surface area contributed by atoms with Crippen LogP contribution in [0.2, 0.25) is 0 Å². The molecule has 2 aliphatic rings. The number of amides is 1. The average Bonchev–Trinajstić information content (AvgIpc) is 2.93. The summed E-state index contributed by atoms with van der Waals surface area (Å²) in [6.45, 7) is 2.38. The number of carbonyl (C=O) groups is 2. The van der Waals surface area contributed by atoms with Gasteiger partial charge >= 0.3 is 5.97 Å². The monoisotopic (exact) mass is 288 g/mol. The van der Waals surface area contributed by atoms with Crippen LogP contribution in [-0.2, 0) is 24.7 Å². The smallest absolute Gasteiger partial charge is 0.339 e. The fourth-order valence-electron chi connectivity index (χ4n) is 2.90. The van der Waals surface area contributed by atoms with Crippen LogP contribution in [0, 0.1) is 0 Å². The van der Waals surface area contributed by atoms with Gasteiger partial charge in [-0.3, -0.25) is 4.79 Å². The van der Waals surface area contributed by atoms with Gasteiger partial charge in [-0.2, -0.15) is 0 Å². The number of hydrogen-bond acceptors (Lipinski definition) is 5. The van der Waals surface area contributed by atoms with E-state index in [0.717, 1.165) is 0 Å². The van der Waals surface area contributed by atoms with Crippen molar-refractivity contribution >= 4 is 11.9 Å². The topological polar surface area (TPSA) is 67.9 Å². The van der Waals surface area contributed by atoms with E-state index < -0.39 is 11.5 Å². The highest BCUT2D eigenvalue weighted by molar-refractivity contribution is 6.04. The maximum Gasteiger partial charge on any atom is 0.339 e. The first-order valence-electron chi connectivity index (χ1n) is 6.71. The van der Waals surface area contributed by atoms with Crippen LogP contribution < -0.4 is 5.32 Å². The molecule has 1 saturated heterocycles. The maximum atomic E-state index is 12.7. The molecular formula is C15H16N2O4. The molecule has 0 bridgehead atoms. The lowest BCUT2D eigenvalue weighted by Gasteiger charge is -2.43. The van der Waals surface area contributed by atoms with Gasteiger partial charge in [-0.05, 0) is 12.5 Å². The molecule has 1 fully saturated rings. The molecule has 2 heterocycles. The van der Waals surface area contributed by atoms with Gasteiger partial charge in [0.05, 0.1) is 13.2 Å². The Balaban J connectivity index is 2.21. The van der Waals surface area contributed by atoms with Crippen LogP contribution >= 0.6 is 0 Å². The van der Waals surface area contributed by atoms with E-state index in [1.54, 1.807) is 17.2 Å². The summed E-state index contributed by atoms with van der Waals surface area (Å²) in [7, 11) is 1.29. The Morgan fingerprint density at radius 3 is 2.81 bits per heavy atom. The summed E-state index contributed by atoms with van der Waals surface area (Å²) in [6, 6.07) is 9.02. The van der Waals surface area contributed by atoms with Crippen molar-refractivity contribution in [3.05, 3.63) is 47.7 Å². The predicted molar refractivity (Wildman–Crippen MR) is 73.6 cm³/mol. The van der Waals surface area contributed by atoms with E-state index in [9.17, 15) is 9.59 Å². The highest BCUT2D eigenvalue weighted by Crippen LogP contribution is 2.44. The summed E-state index contributed by atoms with van der Waals surface area (Å²) in [6.07, 6.45) is 1.31. The number of carbonyl (C=O) groups excluding carboxylic acids is 2. The van der Waals surface area contributed by atoms with E-state index in [2.05, 4.69) is 5.32 Å². The largest absolute Gasteiger partial charge is 0.465 e. The molecule has 0 saturated carbocycles. The van der Waals surface area contributed by atoms with Crippen LogP contribution in [0.4, 0.5) is 0 Å². The Morgan fingerprint density at radius 2 is 2.14 bits per heavy atom. The minimum Gasteiger partial charge on any atom is -0.465 e. The Kier molecular flexibility index (Phi) is 3.17. The van der Waals surface area contributed by atoms with E-state index in [0.29, 0.717) is 12.1 Å². The van der Waals surface area contributed by atoms with Crippen LogP contribution in [0.5, 0.6) is 0 Å². The number of methoxy groups -OCH3 is 1. The van der Waals surface area contributed by atoms with Crippen molar-refractivity contribution < 1.29 is 19.2 Å². The first kappa shape index (κ1) is 13.6. The minimum atomic E-state index is -1.30. The van der Waals surface area contributed by atoms with Crippen molar-refractivity contribution in [3.8, 4) is 0 Å². The standard InChI is InChI=1S/C15H16N2O4/c1-10-8-16-14(19)15(11-6-4-3-5-7-11)12(13(18)20-2)9-21-17(10)15/h3-7,9-10H,8H2,1-2H3,(H,16,19). The van der Waals surface area contributed by atoms with E-state index in [1.807, 2.05) is 25.1 Å². The van der Waals surface area contributed by atoms with Crippen molar-refractivity contribution in [1.29, 1.82) is 0 Å². The quantitative estimate of drug-likeness (QED) is 0.812. The van der Waals surface area contributed by atoms with Crippen molar-refractivity contribution in [2.24, 2.45) is 0 Å². The minimum absolute atomic E-state index is 0.0821. The molecule has 1 amide bonds. The van der Waals surface area contributed by atoms with Gasteiger partial charge in [0.15, 0.2) is 5.54 Å². The van der Waals surface area contributed by atoms with Gasteiger partial charge in [0.2, 0.25) is 0 Å². The summed E-state index contributed by atoms with van der Waals surface area (Å²) < 4.78 is 4.82. The number of nitrogens with one attached hydrogen (secondary N) is 1. The van der Waals surface area contributed by atoms with E-state index in [-0.39, 0.29) is 17.5 Å². The Morgan fingerprint density at radius 1 is 1.43 bits per heavy atom. The van der Waals surface area contributed by atoms with Gasteiger partial charge in [-0.1, -0.05) is 30.3 Å². The Bertz CT molecular complexity index is 613. The van der Waals surface area contributed by atoms with Gasteiger partial charge in [-0.25, -0.2) is 4.79 Å². The van der Waals surface area contributed by atoms with E-state index in [4.69, 9.17) is 9.57 Å². The number of nitrogens with zero attached hydrogens (tertiary/aromatic N) is 1. The van der Waals surface area contributed by atoms with Crippen molar-refractivity contribution in [2.45, 2.75) is 18.5 Å². The van der Waals surface area contributed by atoms with Crippen LogP contribution in [0.15, 0.2) is 42.2 Å². The Labute approximate surface area is 122 Å². The van der Waals surface area contributed by atoms with Crippen LogP contribution in [0.3, 0.4) is 0 Å². The molecule has 1 aromatic carbocycles. The molecule has 2 atom stereocenters. The summed E-state index contributed by atoms with van der Waals surface area (Å²) >= 11 is 0. The number of rotatable bonds is 2. The first-order chi connectivity index (χ1) is 10.1. The number of esters is 1. The summed E-state index contributed by atoms with van der Waals surface area (Å²) in [5.74, 6) is -0.869. The fraction of sp³-hybridized carbons (Fsp3) is 0.333. The molecule has 0 spiro atoms. The number of piperazine rings is 1. The second-order valence-electron chi connectivity index (χ2n) is 5.09. The molecule has 1 aromatic rings. The van der Waals surface area contributed by atoms with Crippen LogP contribution in [0.1, 0.15) is 12.5 Å². The average molecular weight is 288 g/mol. The number of fused-ring (bicyclic) bond motifs is 1. The number of benzene rings is 1. The SMILES string of the molecule is COC(=O)C1=CON2C(C)CNC(=O)C12c1ccccc1. The molecule has 2 aliphatic heterocycles. The lowest BCUT2D eigenvalue weighted by Crippen LogP contribution is -2.65. The molecule has 110 valence electrons.